The largest absolute Gasteiger partial charge is 0.477 e. The number of carbonyl (C=O) groups excluding carboxylic acids is 1. The molecule has 0 aliphatic heterocycles. The zero-order valence-corrected chi connectivity index (χ0v) is 8.31. The Kier molecular flexibility index (Phi) is 10.7. The van der Waals surface area contributed by atoms with Crippen LogP contribution in [0.15, 0.2) is 24.9 Å². The lowest BCUT2D eigenvalue weighted by molar-refractivity contribution is -0.138. The molecule has 0 aliphatic carbocycles. The Bertz CT molecular complexity index is 225. The third-order valence-electron chi connectivity index (χ3n) is 0.988. The summed E-state index contributed by atoms with van der Waals surface area (Å²) in [6, 6.07) is 0. The average molecular weight is 217 g/mol. The maximum absolute atomic E-state index is 10.3. The van der Waals surface area contributed by atoms with Crippen molar-refractivity contribution in [2.75, 3.05) is 13.2 Å². The van der Waals surface area contributed by atoms with Crippen molar-refractivity contribution in [2.24, 2.45) is 5.73 Å². The second-order valence-electron chi connectivity index (χ2n) is 2.28. The third-order valence-corrected chi connectivity index (χ3v) is 0.988. The average Bonchev–Trinajstić information content (AvgIpc) is 2.18. The fourth-order valence-electron chi connectivity index (χ4n) is 0.296. The van der Waals surface area contributed by atoms with E-state index in [9.17, 15) is 9.59 Å². The van der Waals surface area contributed by atoms with Crippen molar-refractivity contribution in [2.45, 2.75) is 6.42 Å². The Hall–Kier alpha value is -1.82. The molecule has 0 aromatic rings. The van der Waals surface area contributed by atoms with Crippen molar-refractivity contribution in [3.8, 4) is 0 Å². The fourth-order valence-corrected chi connectivity index (χ4v) is 0.296. The number of aliphatic carboxylic acids is 1. The molecule has 4 N–H and O–H groups in total. The Labute approximate surface area is 87.7 Å². The minimum atomic E-state index is -1.16. The first-order chi connectivity index (χ1) is 6.95. The normalized spacial score (nSPS) is 8.07. The Balaban J connectivity index is 0. The van der Waals surface area contributed by atoms with Gasteiger partial charge in [-0.2, -0.15) is 0 Å². The van der Waals surface area contributed by atoms with Crippen LogP contribution in [0.4, 0.5) is 0 Å². The van der Waals surface area contributed by atoms with Gasteiger partial charge in [-0.1, -0.05) is 13.2 Å². The van der Waals surface area contributed by atoms with Crippen LogP contribution < -0.4 is 5.73 Å². The molecule has 0 aliphatic rings. The standard InChI is InChI=1S/C6H10O3.C3H5NO2/c1-2-6(8)9-5-3-4-7;1-2(4)3(5)6/h2,7H,1,3-5H2;1,4H2,(H,5,6). The molecule has 0 amide bonds. The molecule has 86 valence electrons. The van der Waals surface area contributed by atoms with Crippen LogP contribution in [0.5, 0.6) is 0 Å². The summed E-state index contributed by atoms with van der Waals surface area (Å²) in [7, 11) is 0. The first-order valence-electron chi connectivity index (χ1n) is 4.03. The van der Waals surface area contributed by atoms with E-state index in [1.165, 1.54) is 0 Å². The number of rotatable bonds is 5. The summed E-state index contributed by atoms with van der Waals surface area (Å²) in [5.74, 6) is -1.60. The van der Waals surface area contributed by atoms with E-state index in [-0.39, 0.29) is 18.9 Å². The number of carboxylic acids is 1. The molecule has 0 heterocycles. The van der Waals surface area contributed by atoms with Gasteiger partial charge in [-0.25, -0.2) is 9.59 Å². The number of nitrogens with two attached hydrogens (primary N) is 1. The number of hydrogen-bond acceptors (Lipinski definition) is 5. The third kappa shape index (κ3) is 15.0. The molecule has 0 aromatic carbocycles. The maximum Gasteiger partial charge on any atom is 0.351 e. The quantitative estimate of drug-likeness (QED) is 0.329. The van der Waals surface area contributed by atoms with Gasteiger partial charge in [0.2, 0.25) is 0 Å². The predicted molar refractivity (Wildman–Crippen MR) is 53.8 cm³/mol. The van der Waals surface area contributed by atoms with Gasteiger partial charge in [0.15, 0.2) is 0 Å². The molecule has 0 atom stereocenters. The summed E-state index contributed by atoms with van der Waals surface area (Å²) in [5, 5.41) is 16.0. The molecular formula is C9H15NO5. The van der Waals surface area contributed by atoms with Crippen molar-refractivity contribution in [1.82, 2.24) is 0 Å². The van der Waals surface area contributed by atoms with Crippen LogP contribution in [0, 0.1) is 0 Å². The van der Waals surface area contributed by atoms with Gasteiger partial charge < -0.3 is 20.7 Å². The molecule has 0 aromatic heterocycles. The van der Waals surface area contributed by atoms with Gasteiger partial charge in [-0.3, -0.25) is 0 Å². The Morgan fingerprint density at radius 2 is 1.93 bits per heavy atom. The molecule has 0 saturated heterocycles. The van der Waals surface area contributed by atoms with Crippen molar-refractivity contribution in [3.05, 3.63) is 24.9 Å². The molecule has 15 heavy (non-hydrogen) atoms. The summed E-state index contributed by atoms with van der Waals surface area (Å²) in [6.07, 6.45) is 1.58. The fraction of sp³-hybridized carbons (Fsp3) is 0.333. The lowest BCUT2D eigenvalue weighted by atomic mass is 10.5. The zero-order valence-electron chi connectivity index (χ0n) is 8.31. The van der Waals surface area contributed by atoms with E-state index in [1.54, 1.807) is 0 Å². The van der Waals surface area contributed by atoms with E-state index in [2.05, 4.69) is 23.6 Å². The van der Waals surface area contributed by atoms with Gasteiger partial charge in [0.05, 0.1) is 6.61 Å². The highest BCUT2D eigenvalue weighted by Crippen LogP contribution is 1.82. The highest BCUT2D eigenvalue weighted by atomic mass is 16.5. The molecule has 0 unspecified atom stereocenters. The topological polar surface area (TPSA) is 110 Å². The first-order valence-corrected chi connectivity index (χ1v) is 4.03. The first kappa shape index (κ1) is 15.6. The van der Waals surface area contributed by atoms with Crippen LogP contribution in [-0.4, -0.2) is 35.4 Å². The summed E-state index contributed by atoms with van der Waals surface area (Å²) in [6.45, 7) is 6.45. The highest BCUT2D eigenvalue weighted by Gasteiger charge is 1.92. The molecule has 6 heteroatoms. The van der Waals surface area contributed by atoms with Crippen molar-refractivity contribution in [3.63, 3.8) is 0 Å². The molecule has 6 nitrogen and oxygen atoms in total. The number of hydrogen-bond donors (Lipinski definition) is 3. The SMILES string of the molecule is C=C(N)C(=O)O.C=CC(=O)OCCCO. The van der Waals surface area contributed by atoms with Crippen molar-refractivity contribution < 1.29 is 24.5 Å². The number of aliphatic hydroxyl groups is 1. The minimum absolute atomic E-state index is 0.0461. The van der Waals surface area contributed by atoms with E-state index in [0.29, 0.717) is 6.42 Å². The predicted octanol–water partition coefficient (Wildman–Crippen LogP) is -0.359. The van der Waals surface area contributed by atoms with Crippen molar-refractivity contribution in [1.29, 1.82) is 0 Å². The van der Waals surface area contributed by atoms with Gasteiger partial charge in [0.1, 0.15) is 5.70 Å². The van der Waals surface area contributed by atoms with Crippen LogP contribution in [0.1, 0.15) is 6.42 Å². The molecule has 0 bridgehead atoms. The van der Waals surface area contributed by atoms with E-state index < -0.39 is 11.9 Å². The number of esters is 1. The molecule has 0 spiro atoms. The summed E-state index contributed by atoms with van der Waals surface area (Å²) in [4.78, 5) is 19.7. The molecule has 0 rings (SSSR count). The summed E-state index contributed by atoms with van der Waals surface area (Å²) in [5.41, 5.74) is 4.32. The minimum Gasteiger partial charge on any atom is -0.477 e. The lowest BCUT2D eigenvalue weighted by Gasteiger charge is -1.96. The van der Waals surface area contributed by atoms with Gasteiger partial charge in [0, 0.05) is 19.1 Å². The molecule has 0 saturated carbocycles. The van der Waals surface area contributed by atoms with E-state index in [4.69, 9.17) is 10.2 Å². The van der Waals surface area contributed by atoms with Crippen LogP contribution in [-0.2, 0) is 14.3 Å². The van der Waals surface area contributed by atoms with Crippen LogP contribution in [0.3, 0.4) is 0 Å². The van der Waals surface area contributed by atoms with Crippen LogP contribution in [0.2, 0.25) is 0 Å². The molecule has 0 radical (unpaired) electrons. The van der Waals surface area contributed by atoms with Crippen LogP contribution in [0.25, 0.3) is 0 Å². The monoisotopic (exact) mass is 217 g/mol. The van der Waals surface area contributed by atoms with E-state index in [1.807, 2.05) is 0 Å². The summed E-state index contributed by atoms with van der Waals surface area (Å²) >= 11 is 0. The van der Waals surface area contributed by atoms with Gasteiger partial charge in [-0.05, 0) is 0 Å². The van der Waals surface area contributed by atoms with E-state index in [0.717, 1.165) is 6.08 Å². The number of carbonyl (C=O) groups is 2. The number of ether oxygens (including phenoxy) is 1. The number of carboxylic acid groups (broad SMARTS) is 1. The maximum atomic E-state index is 10.3. The van der Waals surface area contributed by atoms with Crippen molar-refractivity contribution >= 4 is 11.9 Å². The Morgan fingerprint density at radius 3 is 2.20 bits per heavy atom. The second kappa shape index (κ2) is 10.3. The second-order valence-corrected chi connectivity index (χ2v) is 2.28. The lowest BCUT2D eigenvalue weighted by Crippen LogP contribution is -2.06. The zero-order chi connectivity index (χ0) is 12.3. The summed E-state index contributed by atoms with van der Waals surface area (Å²) < 4.78 is 4.51. The van der Waals surface area contributed by atoms with Gasteiger partial charge >= 0.3 is 11.9 Å². The molecule has 0 fully saturated rings. The smallest absolute Gasteiger partial charge is 0.351 e. The van der Waals surface area contributed by atoms with Crippen LogP contribution >= 0.6 is 0 Å². The van der Waals surface area contributed by atoms with Gasteiger partial charge in [-0.15, -0.1) is 0 Å². The molecular weight excluding hydrogens is 202 g/mol. The van der Waals surface area contributed by atoms with E-state index >= 15 is 0 Å². The Morgan fingerprint density at radius 1 is 1.47 bits per heavy atom. The number of aliphatic hydroxyl groups excluding tert-OH is 1. The highest BCUT2D eigenvalue weighted by molar-refractivity contribution is 5.84. The van der Waals surface area contributed by atoms with Gasteiger partial charge in [0.25, 0.3) is 0 Å².